The van der Waals surface area contributed by atoms with Gasteiger partial charge in [0.25, 0.3) is 5.56 Å². The lowest BCUT2D eigenvalue weighted by Crippen LogP contribution is -2.45. The molecular formula is C26H26N6O5S. The lowest BCUT2D eigenvalue weighted by atomic mass is 10.1. The molecule has 196 valence electrons. The normalized spacial score (nSPS) is 10.9. The number of Topliss-reactive ketones (excluding diaryl/α,β-unsaturated/α-hetero) is 1. The number of benzene rings is 2. The Kier molecular flexibility index (Phi) is 7.91. The summed E-state index contributed by atoms with van der Waals surface area (Å²) in [6.07, 6.45) is 0. The Morgan fingerprint density at radius 1 is 1.00 bits per heavy atom. The van der Waals surface area contributed by atoms with Gasteiger partial charge in [0.1, 0.15) is 17.9 Å². The van der Waals surface area contributed by atoms with E-state index < -0.39 is 29.5 Å². The topological polar surface area (TPSA) is 144 Å². The minimum atomic E-state index is -0.952. The van der Waals surface area contributed by atoms with E-state index in [4.69, 9.17) is 5.73 Å². The number of anilines is 1. The fraction of sp³-hybridized carbons (Fsp3) is 0.231. The zero-order valence-electron chi connectivity index (χ0n) is 21.1. The van der Waals surface area contributed by atoms with E-state index in [2.05, 4.69) is 14.9 Å². The van der Waals surface area contributed by atoms with Gasteiger partial charge in [0.05, 0.1) is 19.4 Å². The third kappa shape index (κ3) is 5.30. The number of aromatic nitrogens is 5. The van der Waals surface area contributed by atoms with Gasteiger partial charge in [0, 0.05) is 12.6 Å². The van der Waals surface area contributed by atoms with Crippen molar-refractivity contribution in [1.29, 1.82) is 0 Å². The Morgan fingerprint density at radius 3 is 2.37 bits per heavy atom. The Labute approximate surface area is 221 Å². The van der Waals surface area contributed by atoms with Gasteiger partial charge in [-0.25, -0.2) is 9.36 Å². The van der Waals surface area contributed by atoms with Crippen molar-refractivity contribution >= 4 is 29.3 Å². The van der Waals surface area contributed by atoms with Gasteiger partial charge in [0.15, 0.2) is 16.8 Å². The number of carbonyl (C=O) groups excluding carboxylic acids is 2. The van der Waals surface area contributed by atoms with Crippen molar-refractivity contribution in [2.45, 2.75) is 25.2 Å². The second-order valence-electron chi connectivity index (χ2n) is 8.47. The summed E-state index contributed by atoms with van der Waals surface area (Å²) in [5, 5.41) is 8.91. The summed E-state index contributed by atoms with van der Waals surface area (Å²) < 4.78 is 8.17. The van der Waals surface area contributed by atoms with Crippen molar-refractivity contribution in [1.82, 2.24) is 23.9 Å². The number of esters is 1. The van der Waals surface area contributed by atoms with Crippen LogP contribution in [0.1, 0.15) is 21.5 Å². The molecule has 38 heavy (non-hydrogen) atoms. The Balaban J connectivity index is 1.68. The average molecular weight is 535 g/mol. The Hall–Kier alpha value is -4.45. The zero-order chi connectivity index (χ0) is 27.4. The first-order valence-corrected chi connectivity index (χ1v) is 12.6. The van der Waals surface area contributed by atoms with E-state index in [1.165, 1.54) is 0 Å². The summed E-state index contributed by atoms with van der Waals surface area (Å²) in [4.78, 5) is 51.6. The molecule has 0 aliphatic heterocycles. The van der Waals surface area contributed by atoms with Crippen LogP contribution in [0.2, 0.25) is 0 Å². The molecule has 4 aromatic rings. The van der Waals surface area contributed by atoms with E-state index in [1.807, 2.05) is 37.3 Å². The molecule has 4 rings (SSSR count). The van der Waals surface area contributed by atoms with Crippen LogP contribution in [0.5, 0.6) is 0 Å². The molecular weight excluding hydrogens is 508 g/mol. The van der Waals surface area contributed by atoms with E-state index in [-0.39, 0.29) is 23.7 Å². The highest BCUT2D eigenvalue weighted by Crippen LogP contribution is 2.25. The summed E-state index contributed by atoms with van der Waals surface area (Å²) >= 11 is 1.08. The van der Waals surface area contributed by atoms with Crippen LogP contribution in [-0.4, -0.2) is 48.5 Å². The molecule has 0 atom stereocenters. The van der Waals surface area contributed by atoms with Crippen molar-refractivity contribution in [3.8, 4) is 11.4 Å². The summed E-state index contributed by atoms with van der Waals surface area (Å²) in [7, 11) is 2.92. The number of thioether (sulfide) groups is 1. The number of ketones is 1. The van der Waals surface area contributed by atoms with E-state index >= 15 is 0 Å². The van der Waals surface area contributed by atoms with Gasteiger partial charge in [-0.1, -0.05) is 66.4 Å². The smallest absolute Gasteiger partial charge is 0.333 e. The molecule has 11 nitrogen and oxygen atoms in total. The third-order valence-corrected chi connectivity index (χ3v) is 7.02. The molecule has 0 aliphatic carbocycles. The Bertz CT molecular complexity index is 1620. The van der Waals surface area contributed by atoms with Crippen molar-refractivity contribution in [3.05, 3.63) is 92.1 Å². The van der Waals surface area contributed by atoms with Crippen LogP contribution in [0.15, 0.2) is 69.3 Å². The second-order valence-corrected chi connectivity index (χ2v) is 9.42. The lowest BCUT2D eigenvalue weighted by molar-refractivity contribution is -0.141. The van der Waals surface area contributed by atoms with Gasteiger partial charge in [-0.15, -0.1) is 10.2 Å². The van der Waals surface area contributed by atoms with Gasteiger partial charge >= 0.3 is 11.7 Å². The van der Waals surface area contributed by atoms with Crippen LogP contribution in [0.4, 0.5) is 5.82 Å². The molecule has 12 heteroatoms. The summed E-state index contributed by atoms with van der Waals surface area (Å²) in [5.74, 6) is -1.25. The lowest BCUT2D eigenvalue weighted by Gasteiger charge is -2.16. The zero-order valence-corrected chi connectivity index (χ0v) is 21.9. The number of nitrogens with two attached hydrogens (primary N) is 1. The monoisotopic (exact) mass is 534 g/mol. The molecule has 0 saturated heterocycles. The first kappa shape index (κ1) is 26.6. The summed E-state index contributed by atoms with van der Waals surface area (Å²) in [6, 6.07) is 16.7. The Morgan fingerprint density at radius 2 is 1.68 bits per heavy atom. The summed E-state index contributed by atoms with van der Waals surface area (Å²) in [6.45, 7) is 1.32. The van der Waals surface area contributed by atoms with E-state index in [0.29, 0.717) is 15.5 Å². The number of methoxy groups -OCH3 is 1. The number of hydrogen-bond donors (Lipinski definition) is 1. The maximum atomic E-state index is 13.3. The van der Waals surface area contributed by atoms with Crippen molar-refractivity contribution in [2.24, 2.45) is 7.05 Å². The molecule has 2 N–H and O–H groups in total. The van der Waals surface area contributed by atoms with E-state index in [1.54, 1.807) is 35.9 Å². The first-order valence-electron chi connectivity index (χ1n) is 11.6. The standard InChI is InChI=1S/C26H26N6O5S/c1-16-9-7-8-12-18(16)23-28-29-25(30(23)2)38-15-19(33)21-22(27)31(13-17-10-5-4-6-11-17)26(36)32(24(21)35)14-20(34)37-3/h4-12H,13-15,27H2,1-3H3. The van der Waals surface area contributed by atoms with Gasteiger partial charge in [0.2, 0.25) is 0 Å². The highest BCUT2D eigenvalue weighted by Gasteiger charge is 2.25. The first-order chi connectivity index (χ1) is 18.2. The maximum absolute atomic E-state index is 13.3. The molecule has 0 radical (unpaired) electrons. The SMILES string of the molecule is COC(=O)Cn1c(=O)c(C(=O)CSc2nnc(-c3ccccc3C)n2C)c(N)n(Cc2ccccc2)c1=O. The van der Waals surface area contributed by atoms with Gasteiger partial charge in [-0.2, -0.15) is 0 Å². The highest BCUT2D eigenvalue weighted by atomic mass is 32.2. The fourth-order valence-electron chi connectivity index (χ4n) is 3.93. The van der Waals surface area contributed by atoms with Gasteiger partial charge in [-0.3, -0.25) is 19.0 Å². The third-order valence-electron chi connectivity index (χ3n) is 6.00. The number of hydrogen-bond acceptors (Lipinski definition) is 9. The van der Waals surface area contributed by atoms with Gasteiger partial charge in [-0.05, 0) is 18.1 Å². The molecule has 2 heterocycles. The molecule has 0 fully saturated rings. The number of rotatable bonds is 9. The number of aryl methyl sites for hydroxylation is 1. The predicted octanol–water partition coefficient (Wildman–Crippen LogP) is 1.89. The van der Waals surface area contributed by atoms with Crippen LogP contribution in [0, 0.1) is 6.92 Å². The minimum absolute atomic E-state index is 0.00343. The van der Waals surface area contributed by atoms with Crippen LogP contribution < -0.4 is 17.0 Å². The molecule has 0 aliphatic rings. The molecule has 2 aromatic carbocycles. The van der Waals surface area contributed by atoms with E-state index in [9.17, 15) is 19.2 Å². The van der Waals surface area contributed by atoms with Crippen molar-refractivity contribution < 1.29 is 14.3 Å². The second kappa shape index (κ2) is 11.3. The predicted molar refractivity (Wildman–Crippen MR) is 143 cm³/mol. The van der Waals surface area contributed by atoms with Crippen LogP contribution in [-0.2, 0) is 29.7 Å². The van der Waals surface area contributed by atoms with Crippen molar-refractivity contribution in [3.63, 3.8) is 0 Å². The maximum Gasteiger partial charge on any atom is 0.333 e. The van der Waals surface area contributed by atoms with Gasteiger partial charge < -0.3 is 15.0 Å². The van der Waals surface area contributed by atoms with Crippen LogP contribution in [0.25, 0.3) is 11.4 Å². The quantitative estimate of drug-likeness (QED) is 0.193. The van der Waals surface area contributed by atoms with E-state index in [0.717, 1.165) is 40.1 Å². The molecule has 2 aromatic heterocycles. The number of nitrogens with zero attached hydrogens (tertiary/aromatic N) is 5. The summed E-state index contributed by atoms with van der Waals surface area (Å²) in [5.41, 5.74) is 6.74. The van der Waals surface area contributed by atoms with Crippen LogP contribution in [0.3, 0.4) is 0 Å². The highest BCUT2D eigenvalue weighted by molar-refractivity contribution is 7.99. The van der Waals surface area contributed by atoms with Crippen molar-refractivity contribution in [2.75, 3.05) is 18.6 Å². The number of nitrogen functional groups attached to an aromatic ring is 1. The molecule has 0 unspecified atom stereocenters. The molecule has 0 amide bonds. The largest absolute Gasteiger partial charge is 0.468 e. The van der Waals surface area contributed by atoms with Crippen LogP contribution >= 0.6 is 11.8 Å². The molecule has 0 bridgehead atoms. The minimum Gasteiger partial charge on any atom is -0.468 e. The average Bonchev–Trinajstić information content (AvgIpc) is 3.28. The fourth-order valence-corrected chi connectivity index (χ4v) is 4.71. The molecule has 0 saturated carbocycles. The number of ether oxygens (including phenoxy) is 1. The molecule has 0 spiro atoms. The number of carbonyl (C=O) groups is 2.